The van der Waals surface area contributed by atoms with Crippen molar-refractivity contribution in [1.82, 2.24) is 4.90 Å². The first kappa shape index (κ1) is 9.12. The molecule has 0 aliphatic carbocycles. The lowest BCUT2D eigenvalue weighted by atomic mass is 9.94. The second kappa shape index (κ2) is 4.15. The Balaban J connectivity index is 2.30. The Morgan fingerprint density at radius 3 is 2.58 bits per heavy atom. The number of hydrogen-bond donors (Lipinski definition) is 0. The Labute approximate surface area is 73.9 Å². The molecule has 0 aromatic carbocycles. The van der Waals surface area contributed by atoms with E-state index < -0.39 is 0 Å². The molecule has 2 heteroatoms. The number of carbonyl (C=O) groups is 1. The second-order valence-electron chi connectivity index (χ2n) is 3.36. The zero-order valence-corrected chi connectivity index (χ0v) is 7.55. The monoisotopic (exact) mass is 165 g/mol. The quantitative estimate of drug-likeness (QED) is 0.536. The molecule has 1 aliphatic heterocycles. The summed E-state index contributed by atoms with van der Waals surface area (Å²) in [6, 6.07) is 0. The molecule has 0 aromatic rings. The molecule has 0 bridgehead atoms. The van der Waals surface area contributed by atoms with Gasteiger partial charge < -0.3 is 4.90 Å². The first-order valence-corrected chi connectivity index (χ1v) is 4.43. The first-order valence-electron chi connectivity index (χ1n) is 4.43. The number of carbonyl (C=O) groups excluding carboxylic acids is 1. The van der Waals surface area contributed by atoms with Gasteiger partial charge in [0.1, 0.15) is 0 Å². The van der Waals surface area contributed by atoms with E-state index in [9.17, 15) is 4.79 Å². The Morgan fingerprint density at radius 2 is 2.17 bits per heavy atom. The van der Waals surface area contributed by atoms with Crippen LogP contribution in [0.5, 0.6) is 0 Å². The zero-order valence-electron chi connectivity index (χ0n) is 7.55. The van der Waals surface area contributed by atoms with Gasteiger partial charge in [-0.1, -0.05) is 0 Å². The molecule has 1 aliphatic rings. The van der Waals surface area contributed by atoms with Gasteiger partial charge in [0.15, 0.2) is 0 Å². The Bertz CT molecular complexity index is 196. The van der Waals surface area contributed by atoms with Crippen molar-refractivity contribution in [2.45, 2.75) is 26.2 Å². The minimum absolute atomic E-state index is 0.189. The average molecular weight is 165 g/mol. The summed E-state index contributed by atoms with van der Waals surface area (Å²) in [5, 5.41) is 0. The van der Waals surface area contributed by atoms with E-state index in [0.717, 1.165) is 32.4 Å². The van der Waals surface area contributed by atoms with Crippen molar-refractivity contribution < 1.29 is 4.79 Å². The van der Waals surface area contributed by atoms with Crippen LogP contribution in [0.15, 0.2) is 0 Å². The molecule has 1 fully saturated rings. The van der Waals surface area contributed by atoms with Crippen molar-refractivity contribution in [1.29, 1.82) is 0 Å². The molecule has 0 spiro atoms. The maximum atomic E-state index is 10.9. The van der Waals surface area contributed by atoms with Gasteiger partial charge in [-0.15, -0.1) is 12.3 Å². The third-order valence-corrected chi connectivity index (χ3v) is 2.47. The maximum absolute atomic E-state index is 10.9. The Kier molecular flexibility index (Phi) is 3.16. The van der Waals surface area contributed by atoms with Crippen molar-refractivity contribution in [3.8, 4) is 12.3 Å². The molecule has 2 nitrogen and oxygen atoms in total. The Hall–Kier alpha value is -0.970. The molecular weight excluding hydrogens is 150 g/mol. The van der Waals surface area contributed by atoms with E-state index in [1.807, 2.05) is 4.90 Å². The van der Waals surface area contributed by atoms with Crippen LogP contribution in [0.25, 0.3) is 0 Å². The Morgan fingerprint density at radius 1 is 1.58 bits per heavy atom. The highest BCUT2D eigenvalue weighted by Gasteiger charge is 2.19. The molecule has 0 N–H and O–H groups in total. The molecule has 66 valence electrons. The fourth-order valence-corrected chi connectivity index (χ4v) is 1.62. The number of likely N-dealkylation sites (tertiary alicyclic amines) is 1. The van der Waals surface area contributed by atoms with Crippen LogP contribution in [0.3, 0.4) is 0 Å². The van der Waals surface area contributed by atoms with Gasteiger partial charge in [0, 0.05) is 26.4 Å². The van der Waals surface area contributed by atoms with Gasteiger partial charge in [0.2, 0.25) is 5.91 Å². The van der Waals surface area contributed by atoms with Crippen LogP contribution in [0.2, 0.25) is 0 Å². The van der Waals surface area contributed by atoms with Crippen LogP contribution >= 0.6 is 0 Å². The van der Waals surface area contributed by atoms with Crippen LogP contribution in [0.1, 0.15) is 26.2 Å². The normalized spacial score (nSPS) is 18.8. The molecule has 0 saturated carbocycles. The van der Waals surface area contributed by atoms with Crippen LogP contribution in [-0.4, -0.2) is 23.9 Å². The van der Waals surface area contributed by atoms with E-state index in [1.165, 1.54) is 0 Å². The molecule has 1 amide bonds. The predicted octanol–water partition coefficient (Wildman–Crippen LogP) is 1.27. The minimum Gasteiger partial charge on any atom is -0.343 e. The average Bonchev–Trinajstić information content (AvgIpc) is 2.06. The van der Waals surface area contributed by atoms with E-state index in [-0.39, 0.29) is 5.91 Å². The number of rotatable bonds is 1. The third-order valence-electron chi connectivity index (χ3n) is 2.47. The summed E-state index contributed by atoms with van der Waals surface area (Å²) in [6.07, 6.45) is 8.24. The molecule has 12 heavy (non-hydrogen) atoms. The standard InChI is InChI=1S/C10H15NO/c1-3-4-10-5-7-11(8-6-10)9(2)12/h1,10H,4-8H2,2H3. The highest BCUT2D eigenvalue weighted by Crippen LogP contribution is 2.19. The molecule has 1 heterocycles. The lowest BCUT2D eigenvalue weighted by Gasteiger charge is -2.30. The number of hydrogen-bond acceptors (Lipinski definition) is 1. The SMILES string of the molecule is C#CCC1CCN(C(C)=O)CC1. The fraction of sp³-hybridized carbons (Fsp3) is 0.700. The number of amides is 1. The molecule has 1 rings (SSSR count). The van der Waals surface area contributed by atoms with Gasteiger partial charge in [0.25, 0.3) is 0 Å². The predicted molar refractivity (Wildman–Crippen MR) is 48.4 cm³/mol. The number of nitrogens with zero attached hydrogens (tertiary/aromatic N) is 1. The summed E-state index contributed by atoms with van der Waals surface area (Å²) in [5.41, 5.74) is 0. The van der Waals surface area contributed by atoms with Gasteiger partial charge in [-0.2, -0.15) is 0 Å². The maximum Gasteiger partial charge on any atom is 0.219 e. The summed E-state index contributed by atoms with van der Waals surface area (Å²) in [7, 11) is 0. The molecule has 0 atom stereocenters. The minimum atomic E-state index is 0.189. The van der Waals surface area contributed by atoms with E-state index in [0.29, 0.717) is 5.92 Å². The van der Waals surface area contributed by atoms with Crippen molar-refractivity contribution in [2.75, 3.05) is 13.1 Å². The van der Waals surface area contributed by atoms with Crippen molar-refractivity contribution in [3.63, 3.8) is 0 Å². The fourth-order valence-electron chi connectivity index (χ4n) is 1.62. The van der Waals surface area contributed by atoms with Crippen molar-refractivity contribution >= 4 is 5.91 Å². The highest BCUT2D eigenvalue weighted by molar-refractivity contribution is 5.73. The van der Waals surface area contributed by atoms with Gasteiger partial charge >= 0.3 is 0 Å². The molecule has 0 radical (unpaired) electrons. The van der Waals surface area contributed by atoms with Gasteiger partial charge in [-0.25, -0.2) is 0 Å². The topological polar surface area (TPSA) is 20.3 Å². The van der Waals surface area contributed by atoms with Crippen LogP contribution in [-0.2, 0) is 4.79 Å². The smallest absolute Gasteiger partial charge is 0.219 e. The zero-order chi connectivity index (χ0) is 8.97. The first-order chi connectivity index (χ1) is 5.74. The number of piperidine rings is 1. The largest absolute Gasteiger partial charge is 0.343 e. The molecule has 0 unspecified atom stereocenters. The van der Waals surface area contributed by atoms with Crippen LogP contribution in [0, 0.1) is 18.3 Å². The van der Waals surface area contributed by atoms with E-state index in [1.54, 1.807) is 6.92 Å². The highest BCUT2D eigenvalue weighted by atomic mass is 16.2. The van der Waals surface area contributed by atoms with Crippen molar-refractivity contribution in [3.05, 3.63) is 0 Å². The summed E-state index contributed by atoms with van der Waals surface area (Å²) in [6.45, 7) is 3.41. The summed E-state index contributed by atoms with van der Waals surface area (Å²) in [5.74, 6) is 3.51. The van der Waals surface area contributed by atoms with Crippen molar-refractivity contribution in [2.24, 2.45) is 5.92 Å². The summed E-state index contributed by atoms with van der Waals surface area (Å²) < 4.78 is 0. The summed E-state index contributed by atoms with van der Waals surface area (Å²) in [4.78, 5) is 12.8. The summed E-state index contributed by atoms with van der Waals surface area (Å²) >= 11 is 0. The molecule has 1 saturated heterocycles. The number of terminal acetylenes is 1. The van der Waals surface area contributed by atoms with Gasteiger partial charge in [-0.05, 0) is 18.8 Å². The molecular formula is C10H15NO. The van der Waals surface area contributed by atoms with Gasteiger partial charge in [-0.3, -0.25) is 4.79 Å². The van der Waals surface area contributed by atoms with E-state index in [2.05, 4.69) is 5.92 Å². The molecule has 0 aromatic heterocycles. The lowest BCUT2D eigenvalue weighted by Crippen LogP contribution is -2.36. The lowest BCUT2D eigenvalue weighted by molar-refractivity contribution is -0.130. The van der Waals surface area contributed by atoms with Crippen LogP contribution in [0.4, 0.5) is 0 Å². The van der Waals surface area contributed by atoms with E-state index in [4.69, 9.17) is 6.42 Å². The van der Waals surface area contributed by atoms with Crippen LogP contribution < -0.4 is 0 Å². The second-order valence-corrected chi connectivity index (χ2v) is 3.36. The third kappa shape index (κ3) is 2.27. The van der Waals surface area contributed by atoms with E-state index >= 15 is 0 Å². The van der Waals surface area contributed by atoms with Gasteiger partial charge in [0.05, 0.1) is 0 Å².